The van der Waals surface area contributed by atoms with Crippen LogP contribution >= 0.6 is 0 Å². The first kappa shape index (κ1) is 21.2. The lowest BCUT2D eigenvalue weighted by atomic mass is 9.86. The largest absolute Gasteiger partial charge is 0.398 e. The number of amides is 3. The van der Waals surface area contributed by atoms with Crippen molar-refractivity contribution >= 4 is 29.1 Å². The van der Waals surface area contributed by atoms with E-state index in [1.54, 1.807) is 6.92 Å². The number of hydrogen-bond acceptors (Lipinski definition) is 4. The highest BCUT2D eigenvalue weighted by molar-refractivity contribution is 6.00. The molecule has 1 saturated carbocycles. The number of nitrogen functional groups attached to an aromatic ring is 1. The minimum absolute atomic E-state index is 0.0537. The molecule has 0 radical (unpaired) electrons. The molecule has 0 unspecified atom stereocenters. The van der Waals surface area contributed by atoms with Crippen molar-refractivity contribution in [1.82, 2.24) is 10.6 Å². The van der Waals surface area contributed by atoms with E-state index in [0.29, 0.717) is 18.4 Å². The first-order valence-corrected chi connectivity index (χ1v) is 9.39. The Morgan fingerprint density at radius 1 is 1.00 bits per heavy atom. The quantitative estimate of drug-likeness (QED) is 0.561. The fourth-order valence-electron chi connectivity index (χ4n) is 3.28. The highest BCUT2D eigenvalue weighted by Gasteiger charge is 2.33. The molecular weight excluding hydrogens is 394 g/mol. The van der Waals surface area contributed by atoms with E-state index in [1.165, 1.54) is 31.2 Å². The zero-order chi connectivity index (χ0) is 22.0. The lowest BCUT2D eigenvalue weighted by Crippen LogP contribution is -2.54. The zero-order valence-corrected chi connectivity index (χ0v) is 16.5. The summed E-state index contributed by atoms with van der Waals surface area (Å²) < 4.78 is 28.4. The van der Waals surface area contributed by atoms with Gasteiger partial charge in [-0.1, -0.05) is 6.07 Å². The summed E-state index contributed by atoms with van der Waals surface area (Å²) in [6.07, 6.45) is 0.854. The van der Waals surface area contributed by atoms with E-state index in [0.717, 1.165) is 6.07 Å². The van der Waals surface area contributed by atoms with E-state index in [9.17, 15) is 23.2 Å². The Bertz CT molecular complexity index is 1020. The van der Waals surface area contributed by atoms with E-state index in [-0.39, 0.29) is 40.5 Å². The number of halogens is 2. The molecule has 0 aliphatic heterocycles. The van der Waals surface area contributed by atoms with Gasteiger partial charge >= 0.3 is 0 Å². The average Bonchev–Trinajstić information content (AvgIpc) is 2.62. The van der Waals surface area contributed by atoms with E-state index in [2.05, 4.69) is 16.0 Å². The van der Waals surface area contributed by atoms with Crippen LogP contribution in [0.3, 0.4) is 0 Å². The van der Waals surface area contributed by atoms with Crippen molar-refractivity contribution < 1.29 is 23.2 Å². The first-order chi connectivity index (χ1) is 14.2. The van der Waals surface area contributed by atoms with Gasteiger partial charge in [-0.3, -0.25) is 14.4 Å². The Labute approximate surface area is 172 Å². The minimum atomic E-state index is -0.756. The number of rotatable bonds is 5. The fourth-order valence-corrected chi connectivity index (χ4v) is 3.28. The van der Waals surface area contributed by atoms with Crippen LogP contribution in [0.15, 0.2) is 30.3 Å². The molecule has 3 rings (SSSR count). The molecule has 3 amide bonds. The van der Waals surface area contributed by atoms with Crippen LogP contribution in [0.2, 0.25) is 0 Å². The summed E-state index contributed by atoms with van der Waals surface area (Å²) >= 11 is 0. The monoisotopic (exact) mass is 416 g/mol. The van der Waals surface area contributed by atoms with Crippen molar-refractivity contribution in [3.63, 3.8) is 0 Å². The summed E-state index contributed by atoms with van der Waals surface area (Å²) in [5.74, 6) is -2.96. The van der Waals surface area contributed by atoms with Gasteiger partial charge in [0.05, 0.1) is 11.1 Å². The lowest BCUT2D eigenvalue weighted by molar-refractivity contribution is -0.114. The van der Waals surface area contributed by atoms with Crippen molar-refractivity contribution in [2.75, 3.05) is 11.1 Å². The summed E-state index contributed by atoms with van der Waals surface area (Å²) in [4.78, 5) is 35.7. The molecule has 1 aliphatic carbocycles. The molecule has 0 saturated heterocycles. The maximum atomic E-state index is 14.2. The first-order valence-electron chi connectivity index (χ1n) is 9.39. The molecule has 0 aromatic heterocycles. The molecule has 7 nitrogen and oxygen atoms in total. The highest BCUT2D eigenvalue weighted by Crippen LogP contribution is 2.24. The van der Waals surface area contributed by atoms with Crippen LogP contribution in [0.1, 0.15) is 46.0 Å². The lowest BCUT2D eigenvalue weighted by Gasteiger charge is -2.36. The second-order valence-electron chi connectivity index (χ2n) is 7.35. The van der Waals surface area contributed by atoms with Crippen LogP contribution in [-0.2, 0) is 4.79 Å². The maximum Gasteiger partial charge on any atom is 0.256 e. The SMILES string of the molecule is CC(=O)Nc1ccc(C(=O)NC2CC(NC(=O)c3c(N)ccc(C)c3F)C2)c(F)c1. The molecule has 9 heteroatoms. The molecule has 1 aliphatic rings. The van der Waals surface area contributed by atoms with E-state index < -0.39 is 23.4 Å². The molecule has 2 aromatic rings. The number of nitrogens with two attached hydrogens (primary N) is 1. The van der Waals surface area contributed by atoms with Gasteiger partial charge in [0.15, 0.2) is 0 Å². The van der Waals surface area contributed by atoms with E-state index in [1.807, 2.05) is 0 Å². The Kier molecular flexibility index (Phi) is 6.00. The number of aryl methyl sites for hydroxylation is 1. The number of nitrogens with one attached hydrogen (secondary N) is 3. The Morgan fingerprint density at radius 3 is 2.23 bits per heavy atom. The van der Waals surface area contributed by atoms with Crippen molar-refractivity contribution in [1.29, 1.82) is 0 Å². The van der Waals surface area contributed by atoms with Crippen molar-refractivity contribution in [3.05, 3.63) is 58.7 Å². The van der Waals surface area contributed by atoms with Crippen LogP contribution in [0.4, 0.5) is 20.2 Å². The van der Waals surface area contributed by atoms with Gasteiger partial charge in [-0.05, 0) is 49.6 Å². The van der Waals surface area contributed by atoms with Gasteiger partial charge in [-0.15, -0.1) is 0 Å². The summed E-state index contributed by atoms with van der Waals surface area (Å²) in [6, 6.07) is 6.26. The molecule has 2 aromatic carbocycles. The second kappa shape index (κ2) is 8.48. The third-order valence-corrected chi connectivity index (χ3v) is 4.94. The minimum Gasteiger partial charge on any atom is -0.398 e. The molecule has 0 atom stereocenters. The number of hydrogen-bond donors (Lipinski definition) is 4. The molecule has 0 heterocycles. The smallest absolute Gasteiger partial charge is 0.256 e. The molecule has 0 bridgehead atoms. The molecule has 5 N–H and O–H groups in total. The average molecular weight is 416 g/mol. The van der Waals surface area contributed by atoms with Gasteiger partial charge in [-0.25, -0.2) is 8.78 Å². The topological polar surface area (TPSA) is 113 Å². The number of carbonyl (C=O) groups excluding carboxylic acids is 3. The van der Waals surface area contributed by atoms with Crippen molar-refractivity contribution in [3.8, 4) is 0 Å². The van der Waals surface area contributed by atoms with Crippen LogP contribution in [0, 0.1) is 18.6 Å². The fraction of sp³-hybridized carbons (Fsp3) is 0.286. The summed E-state index contributed by atoms with van der Waals surface area (Å²) in [6.45, 7) is 2.84. The highest BCUT2D eigenvalue weighted by atomic mass is 19.1. The van der Waals surface area contributed by atoms with Gasteiger partial charge in [0.25, 0.3) is 11.8 Å². The number of benzene rings is 2. The third-order valence-electron chi connectivity index (χ3n) is 4.94. The Balaban J connectivity index is 1.54. The Hall–Kier alpha value is -3.49. The van der Waals surface area contributed by atoms with E-state index >= 15 is 0 Å². The zero-order valence-electron chi connectivity index (χ0n) is 16.5. The summed E-state index contributed by atoms with van der Waals surface area (Å²) in [7, 11) is 0. The van der Waals surface area contributed by atoms with Gasteiger partial charge < -0.3 is 21.7 Å². The summed E-state index contributed by atoms with van der Waals surface area (Å²) in [5.41, 5.74) is 6.01. The van der Waals surface area contributed by atoms with Crippen LogP contribution in [-0.4, -0.2) is 29.8 Å². The number of carbonyl (C=O) groups is 3. The van der Waals surface area contributed by atoms with Crippen LogP contribution < -0.4 is 21.7 Å². The van der Waals surface area contributed by atoms with Crippen molar-refractivity contribution in [2.45, 2.75) is 38.8 Å². The molecule has 30 heavy (non-hydrogen) atoms. The Morgan fingerprint density at radius 2 is 1.63 bits per heavy atom. The molecule has 158 valence electrons. The predicted molar refractivity (Wildman–Crippen MR) is 108 cm³/mol. The maximum absolute atomic E-state index is 14.2. The van der Waals surface area contributed by atoms with E-state index in [4.69, 9.17) is 5.73 Å². The van der Waals surface area contributed by atoms with Gasteiger partial charge in [-0.2, -0.15) is 0 Å². The second-order valence-corrected chi connectivity index (χ2v) is 7.35. The molecule has 0 spiro atoms. The molecule has 1 fully saturated rings. The van der Waals surface area contributed by atoms with Gasteiger partial charge in [0, 0.05) is 30.4 Å². The van der Waals surface area contributed by atoms with Crippen molar-refractivity contribution in [2.24, 2.45) is 0 Å². The predicted octanol–water partition coefficient (Wildman–Crippen LogP) is 2.50. The van der Waals surface area contributed by atoms with Gasteiger partial charge in [0.1, 0.15) is 11.6 Å². The van der Waals surface area contributed by atoms with Gasteiger partial charge in [0.2, 0.25) is 5.91 Å². The summed E-state index contributed by atoms with van der Waals surface area (Å²) in [5, 5.41) is 7.83. The molecular formula is C21H22F2N4O3. The van der Waals surface area contributed by atoms with Crippen LogP contribution in [0.25, 0.3) is 0 Å². The number of anilines is 2. The third kappa shape index (κ3) is 4.56. The standard InChI is InChI=1S/C21H22F2N4O3/c1-10-3-6-17(24)18(19(10)23)21(30)27-14-7-13(8-14)26-20(29)15-5-4-12(9-16(15)22)25-11(2)28/h3-6,9,13-14H,7-8,24H2,1-2H3,(H,25,28)(H,26,29)(H,27,30). The normalized spacial score (nSPS) is 17.6. The van der Waals surface area contributed by atoms with Crippen LogP contribution in [0.5, 0.6) is 0 Å².